The van der Waals surface area contributed by atoms with Crippen molar-refractivity contribution in [2.24, 2.45) is 0 Å². The highest BCUT2D eigenvalue weighted by atomic mass is 16.6. The fourth-order valence-electron chi connectivity index (χ4n) is 1.76. The molecule has 0 aliphatic carbocycles. The Hall–Kier alpha value is -2.11. The van der Waals surface area contributed by atoms with E-state index in [9.17, 15) is 9.59 Å². The molecule has 1 aromatic rings. The van der Waals surface area contributed by atoms with Gasteiger partial charge in [-0.15, -0.1) is 0 Å². The second-order valence-electron chi connectivity index (χ2n) is 5.25. The van der Waals surface area contributed by atoms with Crippen molar-refractivity contribution in [3.8, 4) is 0 Å². The highest BCUT2D eigenvalue weighted by Gasteiger charge is 2.37. The molecule has 0 aromatic carbocycles. The number of hydrogen-bond acceptors (Lipinski definition) is 4. The van der Waals surface area contributed by atoms with Crippen LogP contribution in [0.4, 0.5) is 10.6 Å². The lowest BCUT2D eigenvalue weighted by molar-refractivity contribution is -0.118. The average molecular weight is 263 g/mol. The largest absolute Gasteiger partial charge is 0.442 e. The van der Waals surface area contributed by atoms with E-state index >= 15 is 0 Å². The maximum Gasteiger partial charge on any atom is 0.429 e. The van der Waals surface area contributed by atoms with Gasteiger partial charge in [0.15, 0.2) is 5.82 Å². The van der Waals surface area contributed by atoms with Gasteiger partial charge in [0.05, 0.1) is 6.54 Å². The van der Waals surface area contributed by atoms with E-state index in [0.29, 0.717) is 12.4 Å². The van der Waals surface area contributed by atoms with E-state index < -0.39 is 11.7 Å². The van der Waals surface area contributed by atoms with Crippen LogP contribution < -0.4 is 5.01 Å². The van der Waals surface area contributed by atoms with Crippen molar-refractivity contribution in [2.45, 2.75) is 32.8 Å². The third-order valence-electron chi connectivity index (χ3n) is 2.49. The van der Waals surface area contributed by atoms with Crippen molar-refractivity contribution >= 4 is 17.8 Å². The van der Waals surface area contributed by atoms with E-state index in [1.54, 1.807) is 45.2 Å². The lowest BCUT2D eigenvalue weighted by Crippen LogP contribution is -2.46. The van der Waals surface area contributed by atoms with Crippen LogP contribution in [0.2, 0.25) is 0 Å². The summed E-state index contributed by atoms with van der Waals surface area (Å²) in [7, 11) is 0. The SMILES string of the molecule is CC(C)(C)OC(=O)N1CCC(=O)N1c1ccccn1. The van der Waals surface area contributed by atoms with Gasteiger partial charge in [-0.3, -0.25) is 4.79 Å². The van der Waals surface area contributed by atoms with Gasteiger partial charge >= 0.3 is 6.09 Å². The molecule has 2 amide bonds. The van der Waals surface area contributed by atoms with Crippen LogP contribution in [0.1, 0.15) is 27.2 Å². The van der Waals surface area contributed by atoms with Gasteiger partial charge in [-0.2, -0.15) is 5.01 Å². The summed E-state index contributed by atoms with van der Waals surface area (Å²) in [6.07, 6.45) is 1.31. The van der Waals surface area contributed by atoms with Crippen LogP contribution in [-0.2, 0) is 9.53 Å². The predicted octanol–water partition coefficient (Wildman–Crippen LogP) is 1.97. The summed E-state index contributed by atoms with van der Waals surface area (Å²) < 4.78 is 5.29. The fraction of sp³-hybridized carbons (Fsp3) is 0.462. The Labute approximate surface area is 111 Å². The van der Waals surface area contributed by atoms with Crippen molar-refractivity contribution in [3.05, 3.63) is 24.4 Å². The van der Waals surface area contributed by atoms with E-state index in [1.807, 2.05) is 0 Å². The van der Waals surface area contributed by atoms with Crippen molar-refractivity contribution in [1.29, 1.82) is 0 Å². The van der Waals surface area contributed by atoms with Crippen LogP contribution in [0.15, 0.2) is 24.4 Å². The molecule has 19 heavy (non-hydrogen) atoms. The molecule has 1 fully saturated rings. The maximum absolute atomic E-state index is 12.1. The predicted molar refractivity (Wildman–Crippen MR) is 69.3 cm³/mol. The number of aromatic nitrogens is 1. The Morgan fingerprint density at radius 2 is 2.11 bits per heavy atom. The molecular formula is C13H17N3O3. The number of hydrazine groups is 1. The van der Waals surface area contributed by atoms with Gasteiger partial charge in [0.25, 0.3) is 0 Å². The summed E-state index contributed by atoms with van der Waals surface area (Å²) >= 11 is 0. The molecule has 0 saturated carbocycles. The number of carbonyl (C=O) groups excluding carboxylic acids is 2. The molecule has 0 N–H and O–H groups in total. The Bertz CT molecular complexity index is 482. The second kappa shape index (κ2) is 4.87. The third kappa shape index (κ3) is 3.01. The molecule has 102 valence electrons. The monoisotopic (exact) mass is 263 g/mol. The van der Waals surface area contributed by atoms with Crippen LogP contribution in [0.3, 0.4) is 0 Å². The molecule has 1 aliphatic heterocycles. The Morgan fingerprint density at radius 3 is 2.68 bits per heavy atom. The lowest BCUT2D eigenvalue weighted by atomic mass is 10.2. The van der Waals surface area contributed by atoms with Gasteiger partial charge < -0.3 is 4.74 Å². The first-order chi connectivity index (χ1) is 8.88. The van der Waals surface area contributed by atoms with Gasteiger partial charge in [0, 0.05) is 12.6 Å². The van der Waals surface area contributed by atoms with Crippen molar-refractivity contribution in [2.75, 3.05) is 11.6 Å². The molecule has 0 spiro atoms. The first-order valence-electron chi connectivity index (χ1n) is 6.13. The van der Waals surface area contributed by atoms with Crippen molar-refractivity contribution < 1.29 is 14.3 Å². The molecule has 0 bridgehead atoms. The van der Waals surface area contributed by atoms with Gasteiger partial charge in [-0.1, -0.05) is 6.07 Å². The smallest absolute Gasteiger partial charge is 0.429 e. The minimum Gasteiger partial charge on any atom is -0.442 e. The zero-order valence-corrected chi connectivity index (χ0v) is 11.3. The van der Waals surface area contributed by atoms with Crippen LogP contribution in [0.5, 0.6) is 0 Å². The van der Waals surface area contributed by atoms with E-state index in [2.05, 4.69) is 4.98 Å². The summed E-state index contributed by atoms with van der Waals surface area (Å²) in [6, 6.07) is 5.20. The molecule has 2 rings (SSSR count). The molecule has 0 atom stereocenters. The quantitative estimate of drug-likeness (QED) is 0.777. The number of pyridine rings is 1. The summed E-state index contributed by atoms with van der Waals surface area (Å²) in [5.74, 6) is 0.264. The number of hydrogen-bond donors (Lipinski definition) is 0. The molecule has 6 heteroatoms. The zero-order valence-electron chi connectivity index (χ0n) is 11.3. The lowest BCUT2D eigenvalue weighted by Gasteiger charge is -2.29. The summed E-state index contributed by atoms with van der Waals surface area (Å²) in [5, 5.41) is 2.56. The highest BCUT2D eigenvalue weighted by Crippen LogP contribution is 2.22. The fourth-order valence-corrected chi connectivity index (χ4v) is 1.76. The van der Waals surface area contributed by atoms with Crippen LogP contribution in [-0.4, -0.2) is 34.1 Å². The topological polar surface area (TPSA) is 62.7 Å². The molecule has 2 heterocycles. The van der Waals surface area contributed by atoms with Crippen LogP contribution in [0.25, 0.3) is 0 Å². The molecule has 0 unspecified atom stereocenters. The number of carbonyl (C=O) groups is 2. The van der Waals surface area contributed by atoms with Crippen molar-refractivity contribution in [1.82, 2.24) is 9.99 Å². The first kappa shape index (κ1) is 13.3. The first-order valence-corrected chi connectivity index (χ1v) is 6.13. The Morgan fingerprint density at radius 1 is 1.37 bits per heavy atom. The Balaban J connectivity index is 2.21. The number of rotatable bonds is 1. The number of amides is 2. The Kier molecular flexibility index (Phi) is 3.42. The van der Waals surface area contributed by atoms with Crippen LogP contribution in [0, 0.1) is 0 Å². The van der Waals surface area contributed by atoms with Crippen molar-refractivity contribution in [3.63, 3.8) is 0 Å². The number of nitrogens with zero attached hydrogens (tertiary/aromatic N) is 3. The molecule has 1 aromatic heterocycles. The summed E-state index contributed by atoms with van der Waals surface area (Å²) in [5.41, 5.74) is -0.599. The van der Waals surface area contributed by atoms with Gasteiger partial charge in [-0.25, -0.2) is 14.8 Å². The van der Waals surface area contributed by atoms with E-state index in [4.69, 9.17) is 4.74 Å². The van der Waals surface area contributed by atoms with Crippen LogP contribution >= 0.6 is 0 Å². The maximum atomic E-state index is 12.1. The van der Waals surface area contributed by atoms with E-state index in [0.717, 1.165) is 0 Å². The third-order valence-corrected chi connectivity index (χ3v) is 2.49. The number of ether oxygens (including phenoxy) is 1. The van der Waals surface area contributed by atoms with E-state index in [1.165, 1.54) is 10.0 Å². The zero-order chi connectivity index (χ0) is 14.0. The molecule has 1 saturated heterocycles. The molecular weight excluding hydrogens is 246 g/mol. The minimum atomic E-state index is -0.599. The summed E-state index contributed by atoms with van der Waals surface area (Å²) in [6.45, 7) is 5.67. The van der Waals surface area contributed by atoms with Gasteiger partial charge in [0.2, 0.25) is 5.91 Å². The molecule has 1 aliphatic rings. The standard InChI is InChI=1S/C13H17N3O3/c1-13(2,3)19-12(18)15-9-7-11(17)16(15)10-6-4-5-8-14-10/h4-6,8H,7,9H2,1-3H3. The number of anilines is 1. The molecule has 6 nitrogen and oxygen atoms in total. The minimum absolute atomic E-state index is 0.162. The highest BCUT2D eigenvalue weighted by molar-refractivity contribution is 5.97. The van der Waals surface area contributed by atoms with Gasteiger partial charge in [0.1, 0.15) is 5.60 Å². The second-order valence-corrected chi connectivity index (χ2v) is 5.25. The van der Waals surface area contributed by atoms with E-state index in [-0.39, 0.29) is 12.3 Å². The molecule has 0 radical (unpaired) electrons. The average Bonchev–Trinajstić information content (AvgIpc) is 2.70. The summed E-state index contributed by atoms with van der Waals surface area (Å²) in [4.78, 5) is 28.1. The normalized spacial score (nSPS) is 15.8. The van der Waals surface area contributed by atoms with Gasteiger partial charge in [-0.05, 0) is 32.9 Å².